The van der Waals surface area contributed by atoms with Crippen LogP contribution in [0.3, 0.4) is 0 Å². The molecule has 4 rings (SSSR count). The highest BCUT2D eigenvalue weighted by Crippen LogP contribution is 2.56. The maximum Gasteiger partial charge on any atom is 0.273 e. The number of carbonyl (C=O) groups is 1. The predicted octanol–water partition coefficient (Wildman–Crippen LogP) is 4.92. The number of hydrogen-bond acceptors (Lipinski definition) is 4. The fraction of sp³-hybridized carbons (Fsp3) is 0.160. The number of rotatable bonds is 7. The lowest BCUT2D eigenvalue weighted by molar-refractivity contribution is -0.146. The summed E-state index contributed by atoms with van der Waals surface area (Å²) in [7, 11) is 1.62. The summed E-state index contributed by atoms with van der Waals surface area (Å²) in [5.74, 6) is 3.12. The van der Waals surface area contributed by atoms with Gasteiger partial charge in [0.2, 0.25) is 4.93 Å². The Morgan fingerprint density at radius 1 is 1.00 bits per heavy atom. The van der Waals surface area contributed by atoms with E-state index >= 15 is 0 Å². The number of anilines is 1. The highest BCUT2D eigenvalue weighted by molar-refractivity contribution is 8.01. The van der Waals surface area contributed by atoms with Crippen molar-refractivity contribution in [3.63, 3.8) is 0 Å². The van der Waals surface area contributed by atoms with Gasteiger partial charge in [-0.25, -0.2) is 0 Å². The van der Waals surface area contributed by atoms with Crippen molar-refractivity contribution in [1.29, 1.82) is 0 Å². The first kappa shape index (κ1) is 20.1. The first-order chi connectivity index (χ1) is 14.7. The van der Waals surface area contributed by atoms with Gasteiger partial charge in [-0.15, -0.1) is 6.42 Å². The highest BCUT2D eigenvalue weighted by atomic mass is 32.2. The molecule has 1 amide bonds. The molecule has 3 aromatic rings. The largest absolute Gasteiger partial charge is 0.497 e. The second kappa shape index (κ2) is 8.66. The summed E-state index contributed by atoms with van der Waals surface area (Å²) in [5.41, 5.74) is 1.76. The summed E-state index contributed by atoms with van der Waals surface area (Å²) >= 11 is 1.40. The summed E-state index contributed by atoms with van der Waals surface area (Å²) in [4.78, 5) is 15.2. The number of β-lactam (4-membered cyclic amide) rings is 1. The molecule has 1 heterocycles. The zero-order chi connectivity index (χ0) is 21.0. The van der Waals surface area contributed by atoms with Gasteiger partial charge in [-0.05, 0) is 42.0 Å². The van der Waals surface area contributed by atoms with Gasteiger partial charge in [0.25, 0.3) is 5.91 Å². The molecule has 1 saturated heterocycles. The Kier molecular flexibility index (Phi) is 5.80. The number of hydrogen-bond donors (Lipinski definition) is 0. The van der Waals surface area contributed by atoms with Crippen LogP contribution in [0.1, 0.15) is 11.6 Å². The molecule has 0 spiro atoms. The third kappa shape index (κ3) is 3.56. The third-order valence-electron chi connectivity index (χ3n) is 4.98. The first-order valence-corrected chi connectivity index (χ1v) is 10.4. The smallest absolute Gasteiger partial charge is 0.273 e. The van der Waals surface area contributed by atoms with Gasteiger partial charge in [-0.1, -0.05) is 66.2 Å². The van der Waals surface area contributed by atoms with Crippen molar-refractivity contribution >= 4 is 23.4 Å². The average Bonchev–Trinajstić information content (AvgIpc) is 2.81. The van der Waals surface area contributed by atoms with Gasteiger partial charge in [0, 0.05) is 10.6 Å². The van der Waals surface area contributed by atoms with E-state index in [4.69, 9.17) is 15.9 Å². The van der Waals surface area contributed by atoms with E-state index in [2.05, 4.69) is 5.92 Å². The maximum atomic E-state index is 13.6. The number of amides is 1. The van der Waals surface area contributed by atoms with Crippen LogP contribution < -0.4 is 9.64 Å². The fourth-order valence-electron chi connectivity index (χ4n) is 3.60. The molecule has 0 unspecified atom stereocenters. The van der Waals surface area contributed by atoms with Gasteiger partial charge in [0.05, 0.1) is 7.11 Å². The van der Waals surface area contributed by atoms with Crippen LogP contribution in [0.25, 0.3) is 0 Å². The molecule has 2 atom stereocenters. The van der Waals surface area contributed by atoms with E-state index in [-0.39, 0.29) is 18.6 Å². The number of terminal acetylenes is 1. The van der Waals surface area contributed by atoms with E-state index in [1.165, 1.54) is 11.8 Å². The molecular weight excluding hydrogens is 394 g/mol. The Morgan fingerprint density at radius 2 is 1.63 bits per heavy atom. The van der Waals surface area contributed by atoms with E-state index in [1.807, 2.05) is 84.9 Å². The Hall–Kier alpha value is -3.20. The molecule has 4 nitrogen and oxygen atoms in total. The molecule has 0 radical (unpaired) electrons. The number of carbonyl (C=O) groups excluding carboxylic acids is 1. The minimum atomic E-state index is -1.14. The van der Waals surface area contributed by atoms with Crippen molar-refractivity contribution in [2.75, 3.05) is 18.6 Å². The standard InChI is InChI=1S/C25H21NO3S/c1-3-18-29-25(30-22-12-8-5-9-13-22)23(19-10-6-4-7-11-19)26(24(25)27)20-14-16-21(28-2)17-15-20/h1,4-17,23H,18H2,2H3/t23-,25+/m1/s1. The molecule has 150 valence electrons. The van der Waals surface area contributed by atoms with Crippen LogP contribution in [-0.4, -0.2) is 24.6 Å². The average molecular weight is 416 g/mol. The molecule has 0 saturated carbocycles. The molecule has 0 aromatic heterocycles. The van der Waals surface area contributed by atoms with Gasteiger partial charge in [0.15, 0.2) is 0 Å². The minimum absolute atomic E-state index is 0.0470. The molecule has 0 N–H and O–H groups in total. The lowest BCUT2D eigenvalue weighted by atomic mass is 9.89. The molecule has 0 bridgehead atoms. The van der Waals surface area contributed by atoms with Crippen LogP contribution in [0.4, 0.5) is 5.69 Å². The number of nitrogens with zero attached hydrogens (tertiary/aromatic N) is 1. The van der Waals surface area contributed by atoms with Crippen LogP contribution in [0.2, 0.25) is 0 Å². The lowest BCUT2D eigenvalue weighted by Gasteiger charge is -2.54. The summed E-state index contributed by atoms with van der Waals surface area (Å²) < 4.78 is 11.4. The molecule has 3 aromatic carbocycles. The van der Waals surface area contributed by atoms with Crippen molar-refractivity contribution < 1.29 is 14.3 Å². The molecule has 1 fully saturated rings. The molecule has 0 aliphatic carbocycles. The van der Waals surface area contributed by atoms with E-state index in [0.29, 0.717) is 0 Å². The monoisotopic (exact) mass is 415 g/mol. The normalized spacial score (nSPS) is 20.3. The number of thioether (sulfide) groups is 1. The van der Waals surface area contributed by atoms with Gasteiger partial charge in [-0.3, -0.25) is 9.69 Å². The van der Waals surface area contributed by atoms with Gasteiger partial charge in [-0.2, -0.15) is 0 Å². The molecule has 1 aliphatic rings. The number of benzene rings is 3. The van der Waals surface area contributed by atoms with Crippen molar-refractivity contribution in [3.8, 4) is 18.1 Å². The maximum absolute atomic E-state index is 13.6. The zero-order valence-electron chi connectivity index (χ0n) is 16.5. The second-order valence-electron chi connectivity index (χ2n) is 6.76. The summed E-state index contributed by atoms with van der Waals surface area (Å²) in [6, 6.07) is 26.8. The zero-order valence-corrected chi connectivity index (χ0v) is 17.3. The molecule has 30 heavy (non-hydrogen) atoms. The van der Waals surface area contributed by atoms with Gasteiger partial charge < -0.3 is 9.47 Å². The van der Waals surface area contributed by atoms with Crippen molar-refractivity contribution in [3.05, 3.63) is 90.5 Å². The van der Waals surface area contributed by atoms with Crippen LogP contribution in [0, 0.1) is 12.3 Å². The summed E-state index contributed by atoms with van der Waals surface area (Å²) in [6.45, 7) is 0.0470. The van der Waals surface area contributed by atoms with E-state index in [9.17, 15) is 4.79 Å². The van der Waals surface area contributed by atoms with Gasteiger partial charge in [0.1, 0.15) is 18.4 Å². The fourth-order valence-corrected chi connectivity index (χ4v) is 4.90. The topological polar surface area (TPSA) is 38.8 Å². The summed E-state index contributed by atoms with van der Waals surface area (Å²) in [5, 5.41) is 0. The Balaban J connectivity index is 1.79. The lowest BCUT2D eigenvalue weighted by Crippen LogP contribution is -2.68. The second-order valence-corrected chi connectivity index (χ2v) is 8.04. The highest BCUT2D eigenvalue weighted by Gasteiger charge is 2.64. The molecule has 5 heteroatoms. The van der Waals surface area contributed by atoms with Gasteiger partial charge >= 0.3 is 0 Å². The van der Waals surface area contributed by atoms with Crippen molar-refractivity contribution in [1.82, 2.24) is 0 Å². The van der Waals surface area contributed by atoms with Crippen LogP contribution in [0.5, 0.6) is 5.75 Å². The number of methoxy groups -OCH3 is 1. The predicted molar refractivity (Wildman–Crippen MR) is 119 cm³/mol. The molecular formula is C25H21NO3S. The molecule has 1 aliphatic heterocycles. The van der Waals surface area contributed by atoms with Crippen LogP contribution in [0.15, 0.2) is 89.8 Å². The minimum Gasteiger partial charge on any atom is -0.497 e. The third-order valence-corrected chi connectivity index (χ3v) is 6.31. The Labute approximate surface area is 180 Å². The Bertz CT molecular complexity index is 1050. The first-order valence-electron chi connectivity index (χ1n) is 9.54. The van der Waals surface area contributed by atoms with Crippen molar-refractivity contribution in [2.24, 2.45) is 0 Å². The van der Waals surface area contributed by atoms with E-state index in [1.54, 1.807) is 12.0 Å². The van der Waals surface area contributed by atoms with Crippen molar-refractivity contribution in [2.45, 2.75) is 15.9 Å². The van der Waals surface area contributed by atoms with Crippen LogP contribution in [-0.2, 0) is 9.53 Å². The SMILES string of the molecule is C#CCO[C@@]1(Sc2ccccc2)C(=O)N(c2ccc(OC)cc2)[C@@H]1c1ccccc1. The summed E-state index contributed by atoms with van der Waals surface area (Å²) in [6.07, 6.45) is 5.49. The van der Waals surface area contributed by atoms with E-state index in [0.717, 1.165) is 21.9 Å². The number of ether oxygens (including phenoxy) is 2. The quantitative estimate of drug-likeness (QED) is 0.312. The Morgan fingerprint density at radius 3 is 2.23 bits per heavy atom. The van der Waals surface area contributed by atoms with Crippen LogP contribution >= 0.6 is 11.8 Å². The van der Waals surface area contributed by atoms with E-state index < -0.39 is 4.93 Å².